The van der Waals surface area contributed by atoms with Gasteiger partial charge in [-0.25, -0.2) is 4.79 Å². The van der Waals surface area contributed by atoms with Gasteiger partial charge in [-0.05, 0) is 91.4 Å². The number of aryl methyl sites for hydroxylation is 1. The number of rotatable bonds is 11. The van der Waals surface area contributed by atoms with Crippen molar-refractivity contribution in [3.05, 3.63) is 118 Å². The minimum Gasteiger partial charge on any atom is -0.490 e. The summed E-state index contributed by atoms with van der Waals surface area (Å²) in [6.07, 6.45) is 1.13. The summed E-state index contributed by atoms with van der Waals surface area (Å²) in [5, 5.41) is 7.63. The van der Waals surface area contributed by atoms with Gasteiger partial charge in [0.05, 0.1) is 16.8 Å². The lowest BCUT2D eigenvalue weighted by Gasteiger charge is -2.27. The van der Waals surface area contributed by atoms with Crippen LogP contribution < -0.4 is 20.7 Å². The highest BCUT2D eigenvalue weighted by molar-refractivity contribution is 6.26. The molecule has 7 rings (SSSR count). The molecule has 0 radical (unpaired) electrons. The third-order valence-electron chi connectivity index (χ3n) is 9.28. The zero-order valence-electron chi connectivity index (χ0n) is 28.6. The van der Waals surface area contributed by atoms with E-state index in [1.807, 2.05) is 37.3 Å². The van der Waals surface area contributed by atoms with E-state index in [0.29, 0.717) is 22.4 Å². The molecule has 2 heterocycles. The standard InChI is InChI=1S/C40H34N4O9/c1-22-5-6-26(36(47)41-27-13-14-27)21-30(22)23-7-9-24(10-8-23)35(46)25-11-15-28(16-12-25)52-19-20-53-40(51)42-31-4-2-3-29-34(31)39(50)44(38(29)49)32-17-18-33(45)43-37(32)48/h2-12,15-16,21,27,32H,13-14,17-20H2,1H3,(H,41,47)(H,42,51)(H,43,45,48). The van der Waals surface area contributed by atoms with Gasteiger partial charge in [0, 0.05) is 29.2 Å². The van der Waals surface area contributed by atoms with Crippen molar-refractivity contribution in [2.75, 3.05) is 18.5 Å². The Labute approximate surface area is 303 Å². The van der Waals surface area contributed by atoms with E-state index in [2.05, 4.69) is 16.0 Å². The second-order valence-corrected chi connectivity index (χ2v) is 13.0. The maximum absolute atomic E-state index is 13.2. The van der Waals surface area contributed by atoms with Crippen LogP contribution in [0.25, 0.3) is 11.1 Å². The number of imide groups is 2. The number of piperidine rings is 1. The van der Waals surface area contributed by atoms with Crippen molar-refractivity contribution in [2.24, 2.45) is 0 Å². The number of hydrogen-bond acceptors (Lipinski definition) is 9. The maximum atomic E-state index is 13.2. The summed E-state index contributed by atoms with van der Waals surface area (Å²) in [5.74, 6) is -2.48. The van der Waals surface area contributed by atoms with Crippen LogP contribution in [0.15, 0.2) is 84.9 Å². The quantitative estimate of drug-likeness (QED) is 0.112. The second-order valence-electron chi connectivity index (χ2n) is 13.0. The van der Waals surface area contributed by atoms with Crippen LogP contribution in [-0.4, -0.2) is 71.6 Å². The fourth-order valence-electron chi connectivity index (χ4n) is 6.30. The Morgan fingerprint density at radius 2 is 1.49 bits per heavy atom. The first kappa shape index (κ1) is 34.8. The van der Waals surface area contributed by atoms with Crippen molar-refractivity contribution in [3.63, 3.8) is 0 Å². The molecule has 2 aliphatic heterocycles. The zero-order chi connectivity index (χ0) is 37.2. The van der Waals surface area contributed by atoms with E-state index in [0.717, 1.165) is 34.4 Å². The first-order chi connectivity index (χ1) is 25.6. The van der Waals surface area contributed by atoms with E-state index >= 15 is 0 Å². The van der Waals surface area contributed by atoms with Gasteiger partial charge in [-0.3, -0.25) is 44.3 Å². The Hall–Kier alpha value is -6.63. The van der Waals surface area contributed by atoms with Crippen LogP contribution in [0.4, 0.5) is 10.5 Å². The number of amides is 6. The number of carbonyl (C=O) groups is 7. The number of benzene rings is 4. The van der Waals surface area contributed by atoms with E-state index in [1.165, 1.54) is 18.2 Å². The molecule has 3 aliphatic rings. The van der Waals surface area contributed by atoms with Gasteiger partial charge in [0.25, 0.3) is 17.7 Å². The summed E-state index contributed by atoms with van der Waals surface area (Å²) >= 11 is 0. The van der Waals surface area contributed by atoms with Crippen molar-refractivity contribution in [1.82, 2.24) is 15.5 Å². The van der Waals surface area contributed by atoms with E-state index in [-0.39, 0.29) is 60.6 Å². The van der Waals surface area contributed by atoms with Gasteiger partial charge in [0.1, 0.15) is 25.0 Å². The molecule has 6 amide bonds. The minimum absolute atomic E-state index is 0.00751. The molecule has 1 atom stereocenters. The first-order valence-electron chi connectivity index (χ1n) is 17.2. The number of ether oxygens (including phenoxy) is 2. The van der Waals surface area contributed by atoms with Crippen LogP contribution in [0, 0.1) is 6.92 Å². The molecule has 1 aliphatic carbocycles. The summed E-state index contributed by atoms with van der Waals surface area (Å²) in [6, 6.07) is 22.9. The molecule has 13 nitrogen and oxygen atoms in total. The third-order valence-corrected chi connectivity index (χ3v) is 9.28. The molecule has 268 valence electrons. The molecule has 1 saturated heterocycles. The van der Waals surface area contributed by atoms with Gasteiger partial charge in [-0.15, -0.1) is 0 Å². The SMILES string of the molecule is Cc1ccc(C(=O)NC2CC2)cc1-c1ccc(C(=O)c2ccc(OCCOC(=O)Nc3cccc4c3C(=O)N(C3CCC(=O)NC3=O)C4=O)cc2)cc1. The number of nitrogens with zero attached hydrogens (tertiary/aromatic N) is 1. The number of anilines is 1. The molecule has 0 aromatic heterocycles. The van der Waals surface area contributed by atoms with Gasteiger partial charge >= 0.3 is 6.09 Å². The molecule has 4 aromatic rings. The number of ketones is 1. The fraction of sp³-hybridized carbons (Fsp3) is 0.225. The normalized spacial score (nSPS) is 16.5. The highest BCUT2D eigenvalue weighted by Crippen LogP contribution is 2.33. The van der Waals surface area contributed by atoms with Gasteiger partial charge in [-0.2, -0.15) is 0 Å². The molecule has 0 bridgehead atoms. The number of nitrogens with one attached hydrogen (secondary N) is 3. The predicted octanol–water partition coefficient (Wildman–Crippen LogP) is 4.81. The molecular weight excluding hydrogens is 680 g/mol. The van der Waals surface area contributed by atoms with Crippen LogP contribution in [-0.2, 0) is 14.3 Å². The molecular formula is C40H34N4O9. The van der Waals surface area contributed by atoms with Crippen LogP contribution >= 0.6 is 0 Å². The van der Waals surface area contributed by atoms with Crippen molar-refractivity contribution in [2.45, 2.75) is 44.7 Å². The highest BCUT2D eigenvalue weighted by Gasteiger charge is 2.45. The summed E-state index contributed by atoms with van der Waals surface area (Å²) < 4.78 is 10.9. The van der Waals surface area contributed by atoms with Gasteiger partial charge in [0.2, 0.25) is 11.8 Å². The molecule has 4 aromatic carbocycles. The molecule has 53 heavy (non-hydrogen) atoms. The number of hydrogen-bond donors (Lipinski definition) is 3. The monoisotopic (exact) mass is 714 g/mol. The average Bonchev–Trinajstić information content (AvgIpc) is 3.94. The Morgan fingerprint density at radius 1 is 0.792 bits per heavy atom. The predicted molar refractivity (Wildman–Crippen MR) is 191 cm³/mol. The highest BCUT2D eigenvalue weighted by atomic mass is 16.6. The van der Waals surface area contributed by atoms with Crippen molar-refractivity contribution < 1.29 is 43.0 Å². The average molecular weight is 715 g/mol. The Bertz CT molecular complexity index is 2180. The second kappa shape index (κ2) is 14.5. The maximum Gasteiger partial charge on any atom is 0.411 e. The van der Waals surface area contributed by atoms with Gasteiger partial charge in [-0.1, -0.05) is 36.4 Å². The fourth-order valence-corrected chi connectivity index (χ4v) is 6.30. The summed E-state index contributed by atoms with van der Waals surface area (Å²) in [4.78, 5) is 89.3. The van der Waals surface area contributed by atoms with Crippen LogP contribution in [0.5, 0.6) is 5.75 Å². The van der Waals surface area contributed by atoms with Crippen molar-refractivity contribution >= 4 is 47.1 Å². The van der Waals surface area contributed by atoms with Crippen LogP contribution in [0.2, 0.25) is 0 Å². The summed E-state index contributed by atoms with van der Waals surface area (Å²) in [7, 11) is 0. The molecule has 0 spiro atoms. The van der Waals surface area contributed by atoms with Crippen LogP contribution in [0.3, 0.4) is 0 Å². The first-order valence-corrected chi connectivity index (χ1v) is 17.2. The topological polar surface area (TPSA) is 177 Å². The molecule has 2 fully saturated rings. The Kier molecular flexibility index (Phi) is 9.55. The van der Waals surface area contributed by atoms with E-state index < -0.39 is 35.8 Å². The lowest BCUT2D eigenvalue weighted by atomic mass is 9.95. The van der Waals surface area contributed by atoms with E-state index in [1.54, 1.807) is 36.4 Å². The molecule has 3 N–H and O–H groups in total. The third kappa shape index (κ3) is 7.40. The summed E-state index contributed by atoms with van der Waals surface area (Å²) in [6.45, 7) is 1.81. The lowest BCUT2D eigenvalue weighted by Crippen LogP contribution is -2.54. The van der Waals surface area contributed by atoms with Crippen molar-refractivity contribution in [1.29, 1.82) is 0 Å². The smallest absolute Gasteiger partial charge is 0.411 e. The minimum atomic E-state index is -1.14. The van der Waals surface area contributed by atoms with E-state index in [9.17, 15) is 33.6 Å². The molecule has 1 unspecified atom stereocenters. The summed E-state index contributed by atoms with van der Waals surface area (Å²) in [5.41, 5.74) is 4.37. The zero-order valence-corrected chi connectivity index (χ0v) is 28.6. The van der Waals surface area contributed by atoms with Crippen molar-refractivity contribution in [3.8, 4) is 16.9 Å². The van der Waals surface area contributed by atoms with Gasteiger partial charge < -0.3 is 14.8 Å². The Morgan fingerprint density at radius 3 is 2.19 bits per heavy atom. The number of fused-ring (bicyclic) bond motifs is 1. The Balaban J connectivity index is 0.900. The van der Waals surface area contributed by atoms with Crippen LogP contribution in [0.1, 0.15) is 78.2 Å². The van der Waals surface area contributed by atoms with E-state index in [4.69, 9.17) is 9.47 Å². The number of carbonyl (C=O) groups excluding carboxylic acids is 7. The molecule has 1 saturated carbocycles. The lowest BCUT2D eigenvalue weighted by molar-refractivity contribution is -0.136. The molecule has 13 heteroatoms. The van der Waals surface area contributed by atoms with Gasteiger partial charge in [0.15, 0.2) is 5.78 Å². The largest absolute Gasteiger partial charge is 0.490 e.